The van der Waals surface area contributed by atoms with Gasteiger partial charge in [-0.05, 0) is 12.1 Å². The highest BCUT2D eigenvalue weighted by molar-refractivity contribution is 5.25. The molecule has 2 aromatic rings. The molecule has 0 fully saturated rings. The molecule has 1 aliphatic heterocycles. The number of ether oxygens (including phenoxy) is 2. The molecule has 0 spiro atoms. The maximum absolute atomic E-state index is 14.1. The van der Waals surface area contributed by atoms with Crippen LogP contribution in [0.5, 0.6) is 0 Å². The maximum Gasteiger partial charge on any atom is 0.299 e. The second-order valence-electron chi connectivity index (χ2n) is 4.43. The molecule has 1 unspecified atom stereocenters. The summed E-state index contributed by atoms with van der Waals surface area (Å²) < 4.78 is 39.5. The lowest BCUT2D eigenvalue weighted by atomic mass is 10.0. The van der Waals surface area contributed by atoms with Crippen molar-refractivity contribution in [3.8, 4) is 0 Å². The Hall–Kier alpha value is -2.48. The van der Waals surface area contributed by atoms with E-state index in [0.717, 1.165) is 12.1 Å². The lowest BCUT2D eigenvalue weighted by Crippen LogP contribution is -2.34. The van der Waals surface area contributed by atoms with Gasteiger partial charge >= 0.3 is 0 Å². The summed E-state index contributed by atoms with van der Waals surface area (Å²) in [5.74, 6) is -2.95. The zero-order chi connectivity index (χ0) is 14.9. The Kier molecular flexibility index (Phi) is 3.30. The van der Waals surface area contributed by atoms with Crippen LogP contribution in [0.15, 0.2) is 42.9 Å². The van der Waals surface area contributed by atoms with E-state index in [1.807, 2.05) is 0 Å². The Morgan fingerprint density at radius 3 is 2.81 bits per heavy atom. The topological polar surface area (TPSA) is 69.4 Å². The zero-order valence-electron chi connectivity index (χ0n) is 10.7. The molecule has 21 heavy (non-hydrogen) atoms. The zero-order valence-corrected chi connectivity index (χ0v) is 10.7. The lowest BCUT2D eigenvalue weighted by Gasteiger charge is -2.28. The highest BCUT2D eigenvalue weighted by Crippen LogP contribution is 2.38. The van der Waals surface area contributed by atoms with Gasteiger partial charge in [-0.3, -0.25) is 0 Å². The van der Waals surface area contributed by atoms with Gasteiger partial charge in [-0.1, -0.05) is 0 Å². The largest absolute Gasteiger partial charge is 0.451 e. The van der Waals surface area contributed by atoms with E-state index in [2.05, 4.69) is 10.1 Å². The van der Waals surface area contributed by atoms with E-state index >= 15 is 0 Å². The van der Waals surface area contributed by atoms with Crippen molar-refractivity contribution in [1.29, 1.82) is 0 Å². The van der Waals surface area contributed by atoms with Crippen LogP contribution in [0.4, 0.5) is 8.78 Å². The number of aromatic nitrogens is 3. The third kappa shape index (κ3) is 2.45. The molecule has 6 nitrogen and oxygen atoms in total. The summed E-state index contributed by atoms with van der Waals surface area (Å²) in [6, 6.07) is 3.07. The molecule has 0 saturated carbocycles. The SMILES string of the molecule is OCC1=COC(Cn2cncn2)(c2ccc(F)cc2F)O1. The summed E-state index contributed by atoms with van der Waals surface area (Å²) in [5.41, 5.74) is -0.000833. The molecular formula is C13H11F2N3O3. The van der Waals surface area contributed by atoms with E-state index in [1.165, 1.54) is 29.7 Å². The monoisotopic (exact) mass is 295 g/mol. The first-order valence-electron chi connectivity index (χ1n) is 6.08. The number of nitrogens with zero attached hydrogens (tertiary/aromatic N) is 3. The molecule has 0 bridgehead atoms. The Labute approximate surface area is 118 Å². The van der Waals surface area contributed by atoms with E-state index in [9.17, 15) is 8.78 Å². The van der Waals surface area contributed by atoms with Crippen molar-refractivity contribution in [2.75, 3.05) is 6.61 Å². The molecule has 8 heteroatoms. The van der Waals surface area contributed by atoms with Crippen molar-refractivity contribution >= 4 is 0 Å². The molecule has 110 valence electrons. The third-order valence-electron chi connectivity index (χ3n) is 3.01. The van der Waals surface area contributed by atoms with Crippen LogP contribution in [0.3, 0.4) is 0 Å². The molecule has 0 amide bonds. The summed E-state index contributed by atoms with van der Waals surface area (Å²) in [6.45, 7) is -0.419. The first-order valence-corrected chi connectivity index (χ1v) is 6.08. The van der Waals surface area contributed by atoms with Gasteiger partial charge in [0.15, 0.2) is 5.76 Å². The minimum atomic E-state index is -1.57. The fourth-order valence-corrected chi connectivity index (χ4v) is 2.09. The Morgan fingerprint density at radius 2 is 2.19 bits per heavy atom. The lowest BCUT2D eigenvalue weighted by molar-refractivity contribution is -0.173. The molecule has 2 heterocycles. The van der Waals surface area contributed by atoms with Gasteiger partial charge in [0.2, 0.25) is 0 Å². The van der Waals surface area contributed by atoms with Gasteiger partial charge in [-0.15, -0.1) is 0 Å². The molecule has 1 aliphatic rings. The van der Waals surface area contributed by atoms with E-state index in [1.54, 1.807) is 0 Å². The average molecular weight is 295 g/mol. The molecule has 0 saturated heterocycles. The van der Waals surface area contributed by atoms with Gasteiger partial charge in [0.25, 0.3) is 5.79 Å². The van der Waals surface area contributed by atoms with Crippen molar-refractivity contribution in [2.24, 2.45) is 0 Å². The smallest absolute Gasteiger partial charge is 0.299 e. The quantitative estimate of drug-likeness (QED) is 0.920. The minimum absolute atomic E-state index is 0.000833. The maximum atomic E-state index is 14.1. The average Bonchev–Trinajstić information content (AvgIpc) is 3.09. The first kappa shape index (κ1) is 13.5. The number of aliphatic hydroxyl groups is 1. The fraction of sp³-hybridized carbons (Fsp3) is 0.231. The molecular weight excluding hydrogens is 284 g/mol. The van der Waals surface area contributed by atoms with Crippen molar-refractivity contribution in [2.45, 2.75) is 12.3 Å². The van der Waals surface area contributed by atoms with Crippen LogP contribution in [-0.2, 0) is 21.8 Å². The van der Waals surface area contributed by atoms with Crippen molar-refractivity contribution < 1.29 is 23.4 Å². The van der Waals surface area contributed by atoms with Gasteiger partial charge in [-0.25, -0.2) is 18.4 Å². The first-order chi connectivity index (χ1) is 10.1. The Bertz CT molecular complexity index is 675. The predicted molar refractivity (Wildman–Crippen MR) is 65.4 cm³/mol. The molecule has 1 aromatic heterocycles. The fourth-order valence-electron chi connectivity index (χ4n) is 2.09. The summed E-state index contributed by atoms with van der Waals surface area (Å²) in [4.78, 5) is 3.79. The van der Waals surface area contributed by atoms with Crippen LogP contribution in [-0.4, -0.2) is 26.5 Å². The number of hydrogen-bond acceptors (Lipinski definition) is 5. The van der Waals surface area contributed by atoms with Gasteiger partial charge in [-0.2, -0.15) is 5.10 Å². The Morgan fingerprint density at radius 1 is 1.33 bits per heavy atom. The van der Waals surface area contributed by atoms with Crippen LogP contribution < -0.4 is 0 Å². The summed E-state index contributed by atoms with van der Waals surface area (Å²) in [5, 5.41) is 13.0. The Balaban J connectivity index is 2.00. The molecule has 1 aromatic carbocycles. The highest BCUT2D eigenvalue weighted by Gasteiger charge is 2.44. The summed E-state index contributed by atoms with van der Waals surface area (Å²) in [7, 11) is 0. The van der Waals surface area contributed by atoms with Crippen molar-refractivity contribution in [1.82, 2.24) is 14.8 Å². The van der Waals surface area contributed by atoms with E-state index < -0.39 is 24.0 Å². The molecule has 3 rings (SSSR count). The normalized spacial score (nSPS) is 20.8. The van der Waals surface area contributed by atoms with Crippen LogP contribution in [0.2, 0.25) is 0 Å². The van der Waals surface area contributed by atoms with Crippen molar-refractivity contribution in [3.63, 3.8) is 0 Å². The van der Waals surface area contributed by atoms with E-state index in [0.29, 0.717) is 0 Å². The standard InChI is InChI=1S/C13H11F2N3O3/c14-9-1-2-11(12(15)3-9)13(6-18-8-16-7-17-18)20-5-10(4-19)21-13/h1-3,5,7-8,19H,4,6H2. The number of hydrogen-bond donors (Lipinski definition) is 1. The molecule has 1 N–H and O–H groups in total. The third-order valence-corrected chi connectivity index (χ3v) is 3.01. The second-order valence-corrected chi connectivity index (χ2v) is 4.43. The number of aliphatic hydroxyl groups excluding tert-OH is 1. The highest BCUT2D eigenvalue weighted by atomic mass is 19.1. The number of rotatable bonds is 4. The van der Waals surface area contributed by atoms with Crippen LogP contribution >= 0.6 is 0 Å². The van der Waals surface area contributed by atoms with E-state index in [4.69, 9.17) is 14.6 Å². The summed E-state index contributed by atoms with van der Waals surface area (Å²) >= 11 is 0. The van der Waals surface area contributed by atoms with Gasteiger partial charge < -0.3 is 14.6 Å². The van der Waals surface area contributed by atoms with E-state index in [-0.39, 0.29) is 17.9 Å². The predicted octanol–water partition coefficient (Wildman–Crippen LogP) is 1.29. The van der Waals surface area contributed by atoms with Gasteiger partial charge in [0, 0.05) is 6.07 Å². The van der Waals surface area contributed by atoms with Crippen LogP contribution in [0.1, 0.15) is 5.56 Å². The van der Waals surface area contributed by atoms with Gasteiger partial charge in [0.05, 0.1) is 5.56 Å². The number of benzene rings is 1. The second kappa shape index (κ2) is 5.13. The molecule has 0 aliphatic carbocycles. The van der Waals surface area contributed by atoms with Crippen LogP contribution in [0.25, 0.3) is 0 Å². The molecule has 1 atom stereocenters. The molecule has 0 radical (unpaired) electrons. The summed E-state index contributed by atoms with van der Waals surface area (Å²) in [6.07, 6.45) is 3.91. The van der Waals surface area contributed by atoms with Crippen molar-refractivity contribution in [3.05, 3.63) is 60.1 Å². The minimum Gasteiger partial charge on any atom is -0.451 e. The number of halogens is 2. The van der Waals surface area contributed by atoms with Gasteiger partial charge in [0.1, 0.15) is 43.7 Å². The van der Waals surface area contributed by atoms with Crippen LogP contribution in [0, 0.1) is 11.6 Å².